The number of halogens is 5. The lowest BCUT2D eigenvalue weighted by molar-refractivity contribution is 0.0532. The summed E-state index contributed by atoms with van der Waals surface area (Å²) in [6.45, 7) is 15.9. The number of nitrogens with one attached hydrogen (secondary N) is 2. The van der Waals surface area contributed by atoms with Gasteiger partial charge in [0.1, 0.15) is 44.0 Å². The molecule has 3 aromatic heterocycles. The zero-order chi connectivity index (χ0) is 79.7. The van der Waals surface area contributed by atoms with E-state index in [0.29, 0.717) is 22.8 Å². The molecule has 0 atom stereocenters. The number of sulfonamides is 2. The molecule has 0 spiro atoms. The highest BCUT2D eigenvalue weighted by atomic mass is 79.9. The van der Waals surface area contributed by atoms with Crippen molar-refractivity contribution in [2.24, 2.45) is 0 Å². The number of rotatable bonds is 10. The number of hydrogen-bond acceptors (Lipinski definition) is 13. The minimum Gasteiger partial charge on any atom is -0.443 e. The van der Waals surface area contributed by atoms with Crippen LogP contribution in [-0.2, 0) is 49.7 Å². The van der Waals surface area contributed by atoms with Crippen molar-refractivity contribution in [2.75, 3.05) is 15.2 Å². The Hall–Kier alpha value is -11.2. The van der Waals surface area contributed by atoms with Crippen LogP contribution >= 0.6 is 26.6 Å². The number of ether oxygens (including phenoxy) is 3. The van der Waals surface area contributed by atoms with E-state index in [1.807, 2.05) is 154 Å². The van der Waals surface area contributed by atoms with Crippen LogP contribution in [0.25, 0.3) is 72.2 Å². The number of carbonyl (C=O) groups is 3. The number of fused-ring (bicyclic) bond motifs is 4. The van der Waals surface area contributed by atoms with Gasteiger partial charge in [-0.15, -0.1) is 0 Å². The number of anilines is 3. The van der Waals surface area contributed by atoms with Crippen LogP contribution in [0.3, 0.4) is 0 Å². The van der Waals surface area contributed by atoms with Crippen LogP contribution in [0.2, 0.25) is 0 Å². The molecule has 0 saturated carbocycles. The summed E-state index contributed by atoms with van der Waals surface area (Å²) >= 11 is 3.45. The van der Waals surface area contributed by atoms with E-state index in [4.69, 9.17) is 30.6 Å². The molecule has 110 heavy (non-hydrogen) atoms. The fourth-order valence-electron chi connectivity index (χ4n) is 11.4. The normalized spacial score (nSPS) is 12.0. The molecular weight excluding hydrogens is 1550 g/mol. The molecule has 0 bridgehead atoms. The Balaban J connectivity index is 0.000000151. The highest BCUT2D eigenvalue weighted by Crippen LogP contribution is 2.35. The Labute approximate surface area is 649 Å². The number of para-hydroxylation sites is 3. The van der Waals surface area contributed by atoms with Gasteiger partial charge in [0.05, 0.1) is 38.5 Å². The maximum Gasteiger partial charge on any atom is 0.419 e. The maximum absolute atomic E-state index is 14.6. The van der Waals surface area contributed by atoms with Gasteiger partial charge in [-0.2, -0.15) is 0 Å². The molecule has 0 amide bonds. The summed E-state index contributed by atoms with van der Waals surface area (Å²) in [5.74, 6) is -1.70. The maximum atomic E-state index is 14.6. The topological polar surface area (TPSA) is 246 Å². The van der Waals surface area contributed by atoms with Crippen LogP contribution in [-0.4, -0.2) is 74.0 Å². The number of carbonyl (C=O) groups excluding carboxylic acids is 3. The van der Waals surface area contributed by atoms with Gasteiger partial charge in [0.15, 0.2) is 0 Å². The van der Waals surface area contributed by atoms with Gasteiger partial charge in [0.2, 0.25) is 0 Å². The van der Waals surface area contributed by atoms with Gasteiger partial charge in [0.25, 0.3) is 29.1 Å². The second kappa shape index (κ2) is 33.7. The molecule has 1 aliphatic carbocycles. The molecule has 0 radical (unpaired) electrons. The number of allylic oxidation sites excluding steroid dienone is 1. The lowest BCUT2D eigenvalue weighted by atomic mass is 10.1. The summed E-state index contributed by atoms with van der Waals surface area (Å²) in [6.07, 6.45) is 7.28. The molecule has 0 fully saturated rings. The van der Waals surface area contributed by atoms with Crippen molar-refractivity contribution < 1.29 is 67.0 Å². The quantitative estimate of drug-likeness (QED) is 0.0656. The van der Waals surface area contributed by atoms with E-state index in [-0.39, 0.29) is 54.7 Å². The van der Waals surface area contributed by atoms with E-state index in [9.17, 15) is 52.8 Å². The first-order chi connectivity index (χ1) is 51.8. The highest BCUT2D eigenvalue weighted by molar-refractivity contribution is 9.10. The first-order valence-corrected chi connectivity index (χ1v) is 40.2. The fraction of sp³-hybridized carbons (Fsp3) is 0.155. The van der Waals surface area contributed by atoms with Crippen molar-refractivity contribution in [1.29, 1.82) is 0 Å². The third-order valence-corrected chi connectivity index (χ3v) is 21.0. The summed E-state index contributed by atoms with van der Waals surface area (Å²) in [5.41, 5.74) is 11.4. The molecule has 568 valence electrons. The number of nitrogen functional groups attached to an aromatic ring is 1. The Bertz CT molecular complexity index is 5960. The summed E-state index contributed by atoms with van der Waals surface area (Å²) in [6, 6.07) is 67.1. The Morgan fingerprint density at radius 1 is 0.418 bits per heavy atom. The molecule has 13 aromatic rings. The second-order valence-electron chi connectivity index (χ2n) is 27.9. The third-order valence-electron chi connectivity index (χ3n) is 16.2. The Kier molecular flexibility index (Phi) is 24.9. The zero-order valence-electron chi connectivity index (χ0n) is 61.0. The average molecular weight is 1630 g/mol. The number of nitrogens with two attached hydrogens (primary N) is 1. The van der Waals surface area contributed by atoms with Gasteiger partial charge in [0, 0.05) is 49.9 Å². The zero-order valence-corrected chi connectivity index (χ0v) is 65.8. The molecule has 0 unspecified atom stereocenters. The molecule has 1 aliphatic rings. The monoisotopic (exact) mass is 1630 g/mol. The van der Waals surface area contributed by atoms with Gasteiger partial charge in [-0.25, -0.2) is 52.8 Å². The van der Waals surface area contributed by atoms with Crippen molar-refractivity contribution >= 4 is 130 Å². The largest absolute Gasteiger partial charge is 0.443 e. The molecule has 10 aromatic carbocycles. The SMILES string of the molecule is CC(C)(C)OC(=O)n1ccc2cccc(Br)c21.CC(C)(C)OC(=O)n1ccc2cccc(S(=O)(=O)Cl)c21.CC(C)(C)OC(=O)n1ccc2cccc(S(=O)(=O)Nc3cc(-c4ccccc4)ccc3F)c21.Nc1cc(-c2ccccc2)ccc1F.O=S(=O)(Nc1cc(-c2ccccc2)ccc1F)c1cccc2c1CC=C2. The summed E-state index contributed by atoms with van der Waals surface area (Å²) in [7, 11) is -6.68. The van der Waals surface area contributed by atoms with E-state index in [2.05, 4.69) is 25.4 Å². The van der Waals surface area contributed by atoms with Gasteiger partial charge in [-0.05, 0) is 208 Å². The van der Waals surface area contributed by atoms with Crippen LogP contribution in [0.1, 0.15) is 73.4 Å². The average Bonchev–Trinajstić information content (AvgIpc) is 1.57. The number of nitrogens with zero attached hydrogens (tertiary/aromatic N) is 3. The second-order valence-corrected chi connectivity index (χ2v) is 34.6. The van der Waals surface area contributed by atoms with Crippen LogP contribution in [0, 0.1) is 17.5 Å². The van der Waals surface area contributed by atoms with E-state index in [1.54, 1.807) is 121 Å². The predicted octanol–water partition coefficient (Wildman–Crippen LogP) is 21.5. The number of aromatic nitrogens is 3. The molecule has 3 heterocycles. The van der Waals surface area contributed by atoms with E-state index < -0.39 is 69.7 Å². The van der Waals surface area contributed by atoms with Gasteiger partial charge in [-0.1, -0.05) is 170 Å². The molecule has 0 saturated heterocycles. The smallest absolute Gasteiger partial charge is 0.419 e. The molecule has 14 rings (SSSR count). The lowest BCUT2D eigenvalue weighted by Gasteiger charge is -2.20. The first-order valence-electron chi connectivity index (χ1n) is 34.1. The van der Waals surface area contributed by atoms with Gasteiger partial charge < -0.3 is 19.9 Å². The minimum absolute atomic E-state index is 0.0603. The number of benzene rings is 10. The standard InChI is InChI=1S/C25H23FN2O4S.C21H16FNO2S.C13H14BrNO2.C13H14ClNO4S.C12H10FN/c1-25(2,3)32-24(29)28-15-14-18-10-7-11-22(23(18)28)33(30,31)27-21-16-19(12-13-20(21)26)17-8-5-4-6-9-17;22-19-13-12-17(15-6-2-1-3-7-15)14-20(19)23-26(24,25)21-11-5-9-16-8-4-10-18(16)21;1-13(2,3)17-12(16)15-8-7-9-5-4-6-10(14)11(9)15;1-13(2,3)19-12(16)15-8-7-9-5-4-6-10(11(9)15)20(14,17)18;13-11-7-6-10(8-12(11)14)9-4-2-1-3-5-9/h4-16,27H,1-3H3;1-9,11-14,23H,10H2;4-8H,1-3H3;4-8H,1-3H3;1-8H,14H2. The van der Waals surface area contributed by atoms with Crippen molar-refractivity contribution in [3.63, 3.8) is 0 Å². The Morgan fingerprint density at radius 3 is 1.19 bits per heavy atom. The molecular formula is C84H77BrClF3N6O12S3. The molecule has 18 nitrogen and oxygen atoms in total. The van der Waals surface area contributed by atoms with Crippen LogP contribution in [0.15, 0.2) is 280 Å². The number of hydrogen-bond donors (Lipinski definition) is 3. The first kappa shape index (κ1) is 81.3. The van der Waals surface area contributed by atoms with Gasteiger partial charge in [-0.3, -0.25) is 23.1 Å². The van der Waals surface area contributed by atoms with Gasteiger partial charge >= 0.3 is 18.3 Å². The van der Waals surface area contributed by atoms with Crippen molar-refractivity contribution in [2.45, 2.75) is 100 Å². The lowest BCUT2D eigenvalue weighted by Crippen LogP contribution is -2.27. The Morgan fingerprint density at radius 2 is 0.773 bits per heavy atom. The van der Waals surface area contributed by atoms with E-state index in [0.717, 1.165) is 63.5 Å². The highest BCUT2D eigenvalue weighted by Gasteiger charge is 2.29. The predicted molar refractivity (Wildman–Crippen MR) is 432 cm³/mol. The van der Waals surface area contributed by atoms with Crippen LogP contribution in [0.4, 0.5) is 44.6 Å². The van der Waals surface area contributed by atoms with E-state index in [1.165, 1.54) is 59.4 Å². The van der Waals surface area contributed by atoms with Crippen molar-refractivity contribution in [3.05, 3.63) is 294 Å². The van der Waals surface area contributed by atoms with Crippen molar-refractivity contribution in [3.8, 4) is 33.4 Å². The summed E-state index contributed by atoms with van der Waals surface area (Å²) in [5, 5.41) is 2.13. The van der Waals surface area contributed by atoms with Crippen LogP contribution < -0.4 is 15.2 Å². The molecule has 0 aliphatic heterocycles. The summed E-state index contributed by atoms with van der Waals surface area (Å²) < 4.78 is 143. The van der Waals surface area contributed by atoms with Crippen molar-refractivity contribution in [1.82, 2.24) is 13.7 Å². The van der Waals surface area contributed by atoms with Crippen LogP contribution in [0.5, 0.6) is 0 Å². The fourth-order valence-corrected chi connectivity index (χ4v) is 15.6. The van der Waals surface area contributed by atoms with E-state index >= 15 is 0 Å². The molecule has 4 N–H and O–H groups in total. The minimum atomic E-state index is -4.25. The third kappa shape index (κ3) is 20.6. The summed E-state index contributed by atoms with van der Waals surface area (Å²) in [4.78, 5) is 36.7. The molecule has 26 heteroatoms.